The Morgan fingerprint density at radius 2 is 0.405 bits per heavy atom. The van der Waals surface area contributed by atoms with E-state index in [0.717, 1.165) is 0 Å². The molecule has 0 N–H and O–H groups in total. The van der Waals surface area contributed by atoms with Gasteiger partial charge in [-0.25, -0.2) is 0 Å². The molecule has 0 aromatic carbocycles. The van der Waals surface area contributed by atoms with Crippen LogP contribution in [0.3, 0.4) is 0 Å². The summed E-state index contributed by atoms with van der Waals surface area (Å²) in [5.74, 6) is 4.50. The summed E-state index contributed by atoms with van der Waals surface area (Å²) in [7, 11) is -9.03. The van der Waals surface area contributed by atoms with Gasteiger partial charge < -0.3 is 0 Å². The van der Waals surface area contributed by atoms with Crippen molar-refractivity contribution in [1.82, 2.24) is 0 Å². The van der Waals surface area contributed by atoms with E-state index in [1.807, 2.05) is 0 Å². The van der Waals surface area contributed by atoms with Gasteiger partial charge in [-0.2, -0.15) is 0 Å². The van der Waals surface area contributed by atoms with E-state index in [1.165, 1.54) is 0 Å². The number of hydrogen-bond donors (Lipinski definition) is 0. The van der Waals surface area contributed by atoms with Crippen LogP contribution in [0.15, 0.2) is 0 Å². The Hall–Kier alpha value is 3.15. The Morgan fingerprint density at radius 3 is 0.514 bits per heavy atom. The first-order valence-electron chi connectivity index (χ1n) is 15.0. The molecule has 220 valence electrons. The van der Waals surface area contributed by atoms with E-state index < -0.39 is 71.1 Å². The second kappa shape index (κ2) is 11.6. The van der Waals surface area contributed by atoms with Crippen molar-refractivity contribution in [2.75, 3.05) is 0 Å². The molecule has 0 saturated carbocycles. The van der Waals surface area contributed by atoms with Gasteiger partial charge in [-0.15, -0.1) is 0 Å². The minimum atomic E-state index is -0.932. The number of hydrogen-bond acceptors (Lipinski definition) is 0. The Bertz CT molecular complexity index is 687. The van der Waals surface area contributed by atoms with E-state index in [4.69, 9.17) is 0 Å². The maximum atomic E-state index is 2.82. The van der Waals surface area contributed by atoms with E-state index in [9.17, 15) is 0 Å². The van der Waals surface area contributed by atoms with Crippen LogP contribution >= 0.6 is 0 Å². The third-order valence-corrected chi connectivity index (χ3v) is 299. The fourth-order valence-corrected chi connectivity index (χ4v) is 449. The average molecular weight is 770 g/mol. The molecule has 0 aliphatic carbocycles. The Balaban J connectivity index is 0.000000633. The Kier molecular flexibility index (Phi) is 12.6. The Morgan fingerprint density at radius 1 is 0.297 bits per heavy atom. The fraction of sp³-hybridized carbons (Fsp3) is 1.00. The van der Waals surface area contributed by atoms with E-state index >= 15 is 0 Å². The molecule has 4 radical (unpaired) electrons. The van der Waals surface area contributed by atoms with Crippen molar-refractivity contribution < 1.29 is 0 Å². The van der Waals surface area contributed by atoms with Crippen molar-refractivity contribution >= 4 is 102 Å². The maximum absolute atomic E-state index is 2.82. The summed E-state index contributed by atoms with van der Waals surface area (Å²) in [4.78, 5) is 0. The van der Waals surface area contributed by atoms with Crippen LogP contribution in [-0.2, 0) is 0 Å². The first-order valence-corrected chi connectivity index (χ1v) is 65.2. The van der Waals surface area contributed by atoms with Crippen molar-refractivity contribution in [1.29, 1.82) is 0 Å². The SMILES string of the molecule is C[Si]1[Si](C)(C)[Si](C)(C)[Si](C)(C)[Si](C)(C)[Si]1(C)C.C[Si]1[Si](C)(C)[Si](C)(C)[Si](C)(C)[Si](C)(C)[Si]1(C)C.[CH3][Ge][CH3]. The molecule has 0 spiro atoms. The molecule has 13 heteroatoms. The van der Waals surface area contributed by atoms with Gasteiger partial charge in [0, 0.05) is 86.8 Å². The van der Waals surface area contributed by atoms with Crippen molar-refractivity contribution in [3.05, 3.63) is 0 Å². The summed E-state index contributed by atoms with van der Waals surface area (Å²) in [5.41, 5.74) is 0. The molecule has 0 unspecified atom stereocenters. The molecule has 37 heavy (non-hydrogen) atoms. The van der Waals surface area contributed by atoms with Crippen LogP contribution in [0.25, 0.3) is 0 Å². The second-order valence-corrected chi connectivity index (χ2v) is 157. The predicted octanol–water partition coefficient (Wildman–Crippen LogP) is 9.06. The van der Waals surface area contributed by atoms with E-state index in [1.54, 1.807) is 0 Å². The van der Waals surface area contributed by atoms with Crippen LogP contribution in [0.1, 0.15) is 0 Å². The molecule has 2 heterocycles. The zero-order valence-electron chi connectivity index (χ0n) is 30.5. The van der Waals surface area contributed by atoms with Crippen LogP contribution in [-0.4, -0.2) is 102 Å². The van der Waals surface area contributed by atoms with Gasteiger partial charge in [-0.1, -0.05) is 144 Å². The van der Waals surface area contributed by atoms with E-state index in [-0.39, 0.29) is 15.7 Å². The molecular formula is C24H72GeSi12. The molecule has 0 aromatic rings. The molecule has 2 rings (SSSR count). The average Bonchev–Trinajstić information content (AvgIpc) is 2.70. The predicted molar refractivity (Wildman–Crippen MR) is 216 cm³/mol. The molecule has 0 nitrogen and oxygen atoms in total. The zero-order valence-corrected chi connectivity index (χ0v) is 44.6. The quantitative estimate of drug-likeness (QED) is 0.216. The second-order valence-electron chi connectivity index (χ2n) is 18.0. The molecule has 2 saturated heterocycles. The summed E-state index contributed by atoms with van der Waals surface area (Å²) in [5, 5.41) is 0. The summed E-state index contributed by atoms with van der Waals surface area (Å²) in [6.07, 6.45) is 0. The third kappa shape index (κ3) is 5.49. The topological polar surface area (TPSA) is 0 Å². The Labute approximate surface area is 255 Å². The summed E-state index contributed by atoms with van der Waals surface area (Å²) in [6.45, 7) is 61.8. The first kappa shape index (κ1) is 40.1. The van der Waals surface area contributed by atoms with Gasteiger partial charge in [0.1, 0.15) is 0 Å². The van der Waals surface area contributed by atoms with Crippen molar-refractivity contribution in [3.63, 3.8) is 0 Å². The minimum absolute atomic E-state index is 0.00725. The van der Waals surface area contributed by atoms with E-state index in [2.05, 4.69) is 156 Å². The molecule has 0 aromatic heterocycles. The molecule has 0 bridgehead atoms. The molecule has 0 atom stereocenters. The van der Waals surface area contributed by atoms with Crippen LogP contribution in [0.2, 0.25) is 156 Å². The molecule has 2 fully saturated rings. The molecule has 0 amide bonds. The third-order valence-electron chi connectivity index (χ3n) is 16.2. The van der Waals surface area contributed by atoms with Gasteiger partial charge in [0.15, 0.2) is 0 Å². The standard InChI is InChI=1S/2C11H33Si6.C2H6Ge/c2*1-12-13(2,3)15(6,7)17(10,11)16(8,9)14(12,4)5;1-3-2/h2*1-11H3;1-2H3. The molecule has 2 aliphatic rings. The van der Waals surface area contributed by atoms with Gasteiger partial charge >= 0.3 is 26.9 Å². The molecular weight excluding hydrogens is 698 g/mol. The van der Waals surface area contributed by atoms with E-state index in [0.29, 0.717) is 15.4 Å². The molecule has 2 aliphatic heterocycles. The number of rotatable bonds is 0. The first-order chi connectivity index (χ1) is 15.7. The van der Waals surface area contributed by atoms with Gasteiger partial charge in [-0.3, -0.25) is 0 Å². The van der Waals surface area contributed by atoms with Crippen molar-refractivity contribution in [3.8, 4) is 0 Å². The van der Waals surface area contributed by atoms with Crippen LogP contribution in [0.4, 0.5) is 0 Å². The summed E-state index contributed by atoms with van der Waals surface area (Å²) in [6, 6.07) is 0. The van der Waals surface area contributed by atoms with Gasteiger partial charge in [-0.05, 0) is 0 Å². The van der Waals surface area contributed by atoms with Crippen LogP contribution in [0.5, 0.6) is 0 Å². The summed E-state index contributed by atoms with van der Waals surface area (Å²) >= 11 is 0.500. The van der Waals surface area contributed by atoms with Gasteiger partial charge in [0.25, 0.3) is 0 Å². The van der Waals surface area contributed by atoms with Gasteiger partial charge in [0.2, 0.25) is 0 Å². The van der Waals surface area contributed by atoms with Crippen LogP contribution < -0.4 is 0 Å². The van der Waals surface area contributed by atoms with Crippen LogP contribution in [0, 0.1) is 0 Å². The summed E-state index contributed by atoms with van der Waals surface area (Å²) < 4.78 is 0. The normalized spacial score (nSPS) is 31.1. The van der Waals surface area contributed by atoms with Crippen molar-refractivity contribution in [2.24, 2.45) is 0 Å². The monoisotopic (exact) mass is 770 g/mol. The van der Waals surface area contributed by atoms with Gasteiger partial charge in [0.05, 0.1) is 0 Å². The zero-order chi connectivity index (χ0) is 30.9. The van der Waals surface area contributed by atoms with Crippen molar-refractivity contribution in [2.45, 2.75) is 156 Å². The fourth-order valence-electron chi connectivity index (χ4n) is 8.12.